The molecule has 0 fully saturated rings. The van der Waals surface area contributed by atoms with E-state index in [4.69, 9.17) is 16.7 Å². The van der Waals surface area contributed by atoms with Gasteiger partial charge in [0.15, 0.2) is 0 Å². The van der Waals surface area contributed by atoms with Gasteiger partial charge >= 0.3 is 0 Å². The van der Waals surface area contributed by atoms with Crippen LogP contribution in [-0.4, -0.2) is 30.9 Å². The molecule has 0 saturated heterocycles. The number of phenols is 1. The molecule has 90 valence electrons. The summed E-state index contributed by atoms with van der Waals surface area (Å²) >= 11 is 5.81. The van der Waals surface area contributed by atoms with Crippen LogP contribution >= 0.6 is 11.6 Å². The van der Waals surface area contributed by atoms with E-state index in [0.717, 1.165) is 0 Å². The van der Waals surface area contributed by atoms with Crippen LogP contribution in [-0.2, 0) is 10.0 Å². The zero-order valence-electron chi connectivity index (χ0n) is 9.14. The summed E-state index contributed by atoms with van der Waals surface area (Å²) in [6.07, 6.45) is 0. The van der Waals surface area contributed by atoms with Crippen molar-refractivity contribution in [3.8, 4) is 5.75 Å². The second-order valence-electron chi connectivity index (χ2n) is 3.20. The summed E-state index contributed by atoms with van der Waals surface area (Å²) in [6.45, 7) is 4.29. The first kappa shape index (κ1) is 13.3. The molecule has 1 rings (SSSR count). The van der Waals surface area contributed by atoms with Gasteiger partial charge in [-0.05, 0) is 18.2 Å². The van der Waals surface area contributed by atoms with Crippen LogP contribution in [0, 0.1) is 0 Å². The van der Waals surface area contributed by atoms with E-state index in [9.17, 15) is 8.42 Å². The second-order valence-corrected chi connectivity index (χ2v) is 5.52. The van der Waals surface area contributed by atoms with Gasteiger partial charge in [0, 0.05) is 13.1 Å². The molecule has 4 nitrogen and oxygen atoms in total. The molecule has 16 heavy (non-hydrogen) atoms. The molecule has 0 spiro atoms. The molecule has 0 amide bonds. The van der Waals surface area contributed by atoms with Gasteiger partial charge in [-0.1, -0.05) is 25.4 Å². The number of sulfonamides is 1. The zero-order valence-corrected chi connectivity index (χ0v) is 10.7. The molecule has 0 aromatic heterocycles. The minimum Gasteiger partial charge on any atom is -0.508 e. The van der Waals surface area contributed by atoms with Crippen molar-refractivity contribution < 1.29 is 13.5 Å². The smallest absolute Gasteiger partial charge is 0.244 e. The van der Waals surface area contributed by atoms with Gasteiger partial charge in [0.1, 0.15) is 10.6 Å². The first-order valence-corrected chi connectivity index (χ1v) is 6.74. The number of rotatable bonds is 4. The predicted octanol–water partition coefficient (Wildman–Crippen LogP) is 2.08. The summed E-state index contributed by atoms with van der Waals surface area (Å²) in [5.41, 5.74) is 0. The van der Waals surface area contributed by atoms with Crippen molar-refractivity contribution in [1.29, 1.82) is 0 Å². The summed E-state index contributed by atoms with van der Waals surface area (Å²) in [5, 5.41) is 9.20. The minimum absolute atomic E-state index is 0.0238. The average Bonchev–Trinajstić information content (AvgIpc) is 2.18. The second kappa shape index (κ2) is 5.03. The SMILES string of the molecule is CCN(CC)S(=O)(=O)c1ccc(O)cc1Cl. The Kier molecular flexibility index (Phi) is 4.18. The standard InChI is InChI=1S/C10H14ClNO3S/c1-3-12(4-2)16(14,15)10-6-5-8(13)7-9(10)11/h5-7,13H,3-4H2,1-2H3. The van der Waals surface area contributed by atoms with Gasteiger partial charge in [-0.15, -0.1) is 0 Å². The molecule has 0 radical (unpaired) electrons. The first-order chi connectivity index (χ1) is 7.43. The maximum Gasteiger partial charge on any atom is 0.244 e. The van der Waals surface area contributed by atoms with Crippen molar-refractivity contribution in [3.05, 3.63) is 23.2 Å². The van der Waals surface area contributed by atoms with Gasteiger partial charge in [0.25, 0.3) is 0 Å². The van der Waals surface area contributed by atoms with Gasteiger partial charge in [-0.3, -0.25) is 0 Å². The Morgan fingerprint density at radius 1 is 1.31 bits per heavy atom. The van der Waals surface area contributed by atoms with Gasteiger partial charge < -0.3 is 5.11 Å². The van der Waals surface area contributed by atoms with E-state index in [1.54, 1.807) is 13.8 Å². The van der Waals surface area contributed by atoms with E-state index in [1.807, 2.05) is 0 Å². The van der Waals surface area contributed by atoms with Crippen LogP contribution in [0.5, 0.6) is 5.75 Å². The van der Waals surface area contributed by atoms with E-state index in [2.05, 4.69) is 0 Å². The van der Waals surface area contributed by atoms with E-state index in [0.29, 0.717) is 13.1 Å². The Morgan fingerprint density at radius 2 is 1.88 bits per heavy atom. The van der Waals surface area contributed by atoms with Crippen LogP contribution in [0.25, 0.3) is 0 Å². The molecular formula is C10H14ClNO3S. The van der Waals surface area contributed by atoms with E-state index >= 15 is 0 Å². The quantitative estimate of drug-likeness (QED) is 0.905. The number of hydrogen-bond acceptors (Lipinski definition) is 3. The van der Waals surface area contributed by atoms with Crippen LogP contribution in [0.2, 0.25) is 5.02 Å². The normalized spacial score (nSPS) is 12.0. The van der Waals surface area contributed by atoms with Gasteiger partial charge in [0.2, 0.25) is 10.0 Å². The topological polar surface area (TPSA) is 57.6 Å². The van der Waals surface area contributed by atoms with Crippen LogP contribution < -0.4 is 0 Å². The van der Waals surface area contributed by atoms with Crippen LogP contribution in [0.3, 0.4) is 0 Å². The van der Waals surface area contributed by atoms with Gasteiger partial charge in [-0.25, -0.2) is 8.42 Å². The molecule has 0 atom stereocenters. The summed E-state index contributed by atoms with van der Waals surface area (Å²) in [5.74, 6) is -0.0523. The van der Waals surface area contributed by atoms with E-state index in [1.165, 1.54) is 22.5 Å². The Hall–Kier alpha value is -0.780. The maximum atomic E-state index is 12.1. The molecule has 0 unspecified atom stereocenters. The lowest BCUT2D eigenvalue weighted by Crippen LogP contribution is -2.30. The highest BCUT2D eigenvalue weighted by atomic mass is 35.5. The molecule has 1 N–H and O–H groups in total. The lowest BCUT2D eigenvalue weighted by Gasteiger charge is -2.19. The third-order valence-electron chi connectivity index (χ3n) is 2.24. The number of benzene rings is 1. The third-order valence-corrected chi connectivity index (χ3v) is 4.77. The Morgan fingerprint density at radius 3 is 2.31 bits per heavy atom. The van der Waals surface area contributed by atoms with Crippen molar-refractivity contribution >= 4 is 21.6 Å². The lowest BCUT2D eigenvalue weighted by molar-refractivity contribution is 0.445. The predicted molar refractivity (Wildman–Crippen MR) is 63.2 cm³/mol. The fraction of sp³-hybridized carbons (Fsp3) is 0.400. The highest BCUT2D eigenvalue weighted by Crippen LogP contribution is 2.27. The van der Waals surface area contributed by atoms with E-state index in [-0.39, 0.29) is 15.7 Å². The van der Waals surface area contributed by atoms with Crippen LogP contribution in [0.1, 0.15) is 13.8 Å². The molecular weight excluding hydrogens is 250 g/mol. The summed E-state index contributed by atoms with van der Waals surface area (Å²) in [7, 11) is -3.56. The molecule has 0 bridgehead atoms. The van der Waals surface area contributed by atoms with Crippen molar-refractivity contribution in [3.63, 3.8) is 0 Å². The van der Waals surface area contributed by atoms with E-state index < -0.39 is 10.0 Å². The molecule has 1 aromatic carbocycles. The highest BCUT2D eigenvalue weighted by Gasteiger charge is 2.24. The number of hydrogen-bond donors (Lipinski definition) is 1. The number of nitrogens with zero attached hydrogens (tertiary/aromatic N) is 1. The molecule has 1 aromatic rings. The number of phenolic OH excluding ortho intramolecular Hbond substituents is 1. The maximum absolute atomic E-state index is 12.1. The summed E-state index contributed by atoms with van der Waals surface area (Å²) < 4.78 is 25.5. The average molecular weight is 264 g/mol. The highest BCUT2D eigenvalue weighted by molar-refractivity contribution is 7.89. The van der Waals surface area contributed by atoms with Crippen molar-refractivity contribution in [1.82, 2.24) is 4.31 Å². The minimum atomic E-state index is -3.56. The zero-order chi connectivity index (χ0) is 12.3. The first-order valence-electron chi connectivity index (χ1n) is 4.92. The fourth-order valence-electron chi connectivity index (χ4n) is 1.40. The Balaban J connectivity index is 3.27. The largest absolute Gasteiger partial charge is 0.508 e. The molecule has 6 heteroatoms. The number of aromatic hydroxyl groups is 1. The monoisotopic (exact) mass is 263 g/mol. The van der Waals surface area contributed by atoms with Gasteiger partial charge in [-0.2, -0.15) is 4.31 Å². The third kappa shape index (κ3) is 2.48. The van der Waals surface area contributed by atoms with Crippen molar-refractivity contribution in [2.45, 2.75) is 18.7 Å². The van der Waals surface area contributed by atoms with Gasteiger partial charge in [0.05, 0.1) is 5.02 Å². The molecule has 0 aliphatic heterocycles. The number of halogens is 1. The Bertz CT molecular complexity index is 469. The van der Waals surface area contributed by atoms with Crippen LogP contribution in [0.15, 0.2) is 23.1 Å². The van der Waals surface area contributed by atoms with Crippen molar-refractivity contribution in [2.75, 3.05) is 13.1 Å². The molecule has 0 heterocycles. The summed E-state index contributed by atoms with van der Waals surface area (Å²) in [6, 6.07) is 3.84. The molecule has 0 aliphatic rings. The van der Waals surface area contributed by atoms with Crippen molar-refractivity contribution in [2.24, 2.45) is 0 Å². The fourth-order valence-corrected chi connectivity index (χ4v) is 3.37. The Labute approximate surface area is 101 Å². The lowest BCUT2D eigenvalue weighted by atomic mass is 10.3. The summed E-state index contributed by atoms with van der Waals surface area (Å²) in [4.78, 5) is 0.0238. The molecule has 0 saturated carbocycles. The van der Waals surface area contributed by atoms with Crippen LogP contribution in [0.4, 0.5) is 0 Å². The molecule has 0 aliphatic carbocycles.